The van der Waals surface area contributed by atoms with Crippen molar-refractivity contribution in [3.63, 3.8) is 0 Å². The van der Waals surface area contributed by atoms with Gasteiger partial charge in [-0.05, 0) is 73.4 Å². The number of ether oxygens (including phenoxy) is 1. The maximum atomic E-state index is 13.8. The van der Waals surface area contributed by atoms with Crippen LogP contribution in [0.3, 0.4) is 0 Å². The minimum absolute atomic E-state index is 0.0227. The maximum Gasteiger partial charge on any atom is 0.254 e. The van der Waals surface area contributed by atoms with E-state index >= 15 is 0 Å². The van der Waals surface area contributed by atoms with Gasteiger partial charge in [0.2, 0.25) is 5.91 Å². The minimum Gasteiger partial charge on any atom is -0.494 e. The average Bonchev–Trinajstić information content (AvgIpc) is 3.51. The van der Waals surface area contributed by atoms with Crippen molar-refractivity contribution < 1.29 is 22.7 Å². The molecule has 1 aliphatic heterocycles. The van der Waals surface area contributed by atoms with Gasteiger partial charge >= 0.3 is 0 Å². The zero-order valence-corrected chi connectivity index (χ0v) is 29.9. The number of carbonyl (C=O) groups excluding carboxylic acids is 2. The Kier molecular flexibility index (Phi) is 8.37. The lowest BCUT2D eigenvalue weighted by atomic mass is 10.1. The highest BCUT2D eigenvalue weighted by Crippen LogP contribution is 2.40. The molecule has 51 heavy (non-hydrogen) atoms. The number of hydrogen-bond acceptors (Lipinski definition) is 8. The van der Waals surface area contributed by atoms with E-state index < -0.39 is 9.84 Å². The number of piperidine rings is 1. The summed E-state index contributed by atoms with van der Waals surface area (Å²) in [4.78, 5) is 38.3. The third-order valence-electron chi connectivity index (χ3n) is 10.8. The smallest absolute Gasteiger partial charge is 0.254 e. The largest absolute Gasteiger partial charge is 0.494 e. The number of fused-ring (bicyclic) bond motifs is 4. The van der Waals surface area contributed by atoms with E-state index in [2.05, 4.69) is 22.0 Å². The first-order valence-corrected chi connectivity index (χ1v) is 19.7. The summed E-state index contributed by atoms with van der Waals surface area (Å²) in [5.41, 5.74) is 12.9. The Hall–Kier alpha value is -4.75. The van der Waals surface area contributed by atoms with Gasteiger partial charge in [0, 0.05) is 61.5 Å². The van der Waals surface area contributed by atoms with Crippen molar-refractivity contribution in [3.8, 4) is 28.5 Å². The molecular formula is C38H43N7O5S. The summed E-state index contributed by atoms with van der Waals surface area (Å²) in [7, 11) is 0.476. The highest BCUT2D eigenvalue weighted by Gasteiger charge is 2.47. The molecule has 3 fully saturated rings. The number of pyridine rings is 1. The van der Waals surface area contributed by atoms with Gasteiger partial charge in [-0.1, -0.05) is 24.3 Å². The van der Waals surface area contributed by atoms with Crippen LogP contribution in [0.2, 0.25) is 0 Å². The molecule has 0 radical (unpaired) electrons. The number of nitrogens with two attached hydrogens (primary N) is 1. The van der Waals surface area contributed by atoms with E-state index in [-0.39, 0.29) is 42.6 Å². The van der Waals surface area contributed by atoms with Gasteiger partial charge in [0.1, 0.15) is 26.8 Å². The Balaban J connectivity index is 1.10. The summed E-state index contributed by atoms with van der Waals surface area (Å²) in [5, 5.41) is 3.68. The summed E-state index contributed by atoms with van der Waals surface area (Å²) >= 11 is 0. The third kappa shape index (κ3) is 6.37. The maximum absolute atomic E-state index is 13.8. The van der Waals surface area contributed by atoms with Crippen molar-refractivity contribution in [2.75, 3.05) is 32.2 Å². The minimum atomic E-state index is -3.14. The quantitative estimate of drug-likeness (QED) is 0.209. The number of likely N-dealkylation sites (tertiary alicyclic amines) is 1. The van der Waals surface area contributed by atoms with Crippen molar-refractivity contribution in [1.29, 1.82) is 0 Å². The molecule has 1 saturated heterocycles. The number of methoxy groups -OCH3 is 1. The molecular weight excluding hydrogens is 667 g/mol. The molecule has 2 amide bonds. The topological polar surface area (TPSA) is 154 Å². The molecule has 2 bridgehead atoms. The number of nitrogens with zero attached hydrogens (tertiary/aromatic N) is 5. The molecule has 4 heterocycles. The van der Waals surface area contributed by atoms with Crippen LogP contribution in [0.1, 0.15) is 41.6 Å². The van der Waals surface area contributed by atoms with E-state index in [0.717, 1.165) is 70.5 Å². The van der Waals surface area contributed by atoms with Crippen molar-refractivity contribution >= 4 is 43.7 Å². The predicted octanol–water partition coefficient (Wildman–Crippen LogP) is 3.94. The SMILES string of the molecule is COc1cc(C(=O)N2CC3CCC2[C@@H]3N)cc2nc(-c3cc4ccc(-c5ccc(CC(=O)NCCS(C)(=O)=O)cc5)nc4n3CC3CC3)n(C)c12. The Morgan fingerprint density at radius 2 is 1.80 bits per heavy atom. The molecule has 2 aliphatic carbocycles. The first-order chi connectivity index (χ1) is 24.5. The fourth-order valence-corrected chi connectivity index (χ4v) is 8.37. The molecule has 266 valence electrons. The van der Waals surface area contributed by atoms with E-state index in [4.69, 9.17) is 20.4 Å². The zero-order chi connectivity index (χ0) is 35.6. The Morgan fingerprint density at radius 3 is 2.47 bits per heavy atom. The van der Waals surface area contributed by atoms with Gasteiger partial charge in [-0.15, -0.1) is 0 Å². The number of carbonyl (C=O) groups is 2. The second kappa shape index (κ2) is 12.8. The number of aromatic nitrogens is 4. The third-order valence-corrected chi connectivity index (χ3v) is 11.8. The van der Waals surface area contributed by atoms with Crippen LogP contribution in [-0.2, 0) is 34.6 Å². The molecule has 2 unspecified atom stereocenters. The second-order valence-corrected chi connectivity index (χ2v) is 16.8. The van der Waals surface area contributed by atoms with Crippen molar-refractivity contribution in [2.24, 2.45) is 24.6 Å². The summed E-state index contributed by atoms with van der Waals surface area (Å²) in [6.45, 7) is 1.62. The zero-order valence-electron chi connectivity index (χ0n) is 29.1. The Morgan fingerprint density at radius 1 is 1.02 bits per heavy atom. The number of amides is 2. The Bertz CT molecular complexity index is 2290. The summed E-state index contributed by atoms with van der Waals surface area (Å²) in [6, 6.07) is 17.8. The fraction of sp³-hybridized carbons (Fsp3) is 0.421. The van der Waals surface area contributed by atoms with Crippen molar-refractivity contribution in [2.45, 2.75) is 50.7 Å². The van der Waals surface area contributed by atoms with E-state index in [1.54, 1.807) is 7.11 Å². The molecule has 3 N–H and O–H groups in total. The fourth-order valence-electron chi connectivity index (χ4n) is 7.90. The molecule has 3 aliphatic rings. The predicted molar refractivity (Wildman–Crippen MR) is 196 cm³/mol. The van der Waals surface area contributed by atoms with E-state index in [9.17, 15) is 18.0 Å². The van der Waals surface area contributed by atoms with Gasteiger partial charge in [0.25, 0.3) is 5.91 Å². The van der Waals surface area contributed by atoms with Crippen LogP contribution in [0.4, 0.5) is 0 Å². The van der Waals surface area contributed by atoms with E-state index in [0.29, 0.717) is 35.2 Å². The lowest BCUT2D eigenvalue weighted by Crippen LogP contribution is -2.41. The number of imidazole rings is 1. The van der Waals surface area contributed by atoms with Crippen LogP contribution in [0.5, 0.6) is 5.75 Å². The standard InChI is InChI=1S/C38H43N7O5S/c1-43-35-29(17-27(19-32(35)50-2)38(47)45-21-26-11-13-30(45)34(26)39)42-37(43)31-18-25-10-12-28(41-36(25)44(31)20-23-4-5-23)24-8-6-22(7-9-24)16-33(46)40-14-15-51(3,48)49/h6-10,12,17-19,23,26,30,34H,4-5,11,13-16,20-21,39H2,1-3H3,(H,40,46)/t26?,30?,34-/m1/s1. The molecule has 13 heteroatoms. The van der Waals surface area contributed by atoms with Gasteiger partial charge in [-0.3, -0.25) is 9.59 Å². The highest BCUT2D eigenvalue weighted by molar-refractivity contribution is 7.90. The van der Waals surface area contributed by atoms with Crippen LogP contribution < -0.4 is 15.8 Å². The van der Waals surface area contributed by atoms with Gasteiger partial charge in [-0.2, -0.15) is 0 Å². The normalized spacial score (nSPS) is 20.1. The van der Waals surface area contributed by atoms with Crippen LogP contribution in [0, 0.1) is 11.8 Å². The van der Waals surface area contributed by atoms with Crippen molar-refractivity contribution in [3.05, 3.63) is 65.7 Å². The number of benzene rings is 2. The van der Waals surface area contributed by atoms with Crippen LogP contribution in [0.25, 0.3) is 44.8 Å². The van der Waals surface area contributed by atoms with Crippen molar-refractivity contribution in [1.82, 2.24) is 29.3 Å². The number of aryl methyl sites for hydroxylation is 1. The first kappa shape index (κ1) is 33.4. The van der Waals surface area contributed by atoms with Crippen LogP contribution in [0.15, 0.2) is 54.6 Å². The average molecular weight is 710 g/mol. The number of sulfone groups is 1. The molecule has 3 aromatic heterocycles. The van der Waals surface area contributed by atoms with Gasteiger partial charge < -0.3 is 29.8 Å². The molecule has 3 atom stereocenters. The summed E-state index contributed by atoms with van der Waals surface area (Å²) in [5.74, 6) is 1.99. The lowest BCUT2D eigenvalue weighted by molar-refractivity contribution is -0.120. The molecule has 12 nitrogen and oxygen atoms in total. The molecule has 2 aromatic carbocycles. The molecule has 5 aromatic rings. The van der Waals surface area contributed by atoms with Crippen LogP contribution in [-0.4, -0.2) is 88.5 Å². The lowest BCUT2D eigenvalue weighted by Gasteiger charge is -2.27. The molecule has 0 spiro atoms. The Labute approximate surface area is 296 Å². The van der Waals surface area contributed by atoms with Gasteiger partial charge in [0.05, 0.1) is 36.2 Å². The monoisotopic (exact) mass is 709 g/mol. The number of rotatable bonds is 11. The van der Waals surface area contributed by atoms with Gasteiger partial charge in [-0.25, -0.2) is 18.4 Å². The number of hydrogen-bond donors (Lipinski definition) is 2. The van der Waals surface area contributed by atoms with Gasteiger partial charge in [0.15, 0.2) is 5.82 Å². The number of nitrogens with one attached hydrogen (secondary N) is 1. The van der Waals surface area contributed by atoms with Crippen LogP contribution >= 0.6 is 0 Å². The highest BCUT2D eigenvalue weighted by atomic mass is 32.2. The molecule has 8 rings (SSSR count). The first-order valence-electron chi connectivity index (χ1n) is 17.6. The summed E-state index contributed by atoms with van der Waals surface area (Å²) < 4.78 is 32.9. The van der Waals surface area contributed by atoms with E-state index in [1.165, 1.54) is 12.8 Å². The van der Waals surface area contributed by atoms with E-state index in [1.807, 2.05) is 59.0 Å². The summed E-state index contributed by atoms with van der Waals surface area (Å²) in [6.07, 6.45) is 5.69. The second-order valence-electron chi connectivity index (χ2n) is 14.5. The molecule has 2 saturated carbocycles.